The third-order valence-electron chi connectivity index (χ3n) is 3.39. The van der Waals surface area contributed by atoms with Crippen molar-refractivity contribution in [3.05, 3.63) is 71.1 Å². The Morgan fingerprint density at radius 1 is 1.12 bits per heavy atom. The summed E-state index contributed by atoms with van der Waals surface area (Å²) in [5.41, 5.74) is 1.12. The van der Waals surface area contributed by atoms with Gasteiger partial charge < -0.3 is 14.4 Å². The molecule has 0 bridgehead atoms. The second-order valence-electron chi connectivity index (χ2n) is 4.90. The molecule has 6 heteroatoms. The zero-order valence-corrected chi connectivity index (χ0v) is 13.4. The largest absolute Gasteiger partial charge is 0.465 e. The number of rotatable bonds is 4. The molecule has 1 aliphatic heterocycles. The topological polar surface area (TPSA) is 79.6 Å². The van der Waals surface area contributed by atoms with E-state index in [0.717, 1.165) is 19.8 Å². The Bertz CT molecular complexity index is 752. The van der Waals surface area contributed by atoms with Gasteiger partial charge >= 0.3 is 11.9 Å². The van der Waals surface area contributed by atoms with Crippen LogP contribution in [0, 0.1) is 11.3 Å². The SMILES string of the molecule is COC(=O)C(C(=O)OC)=C1C=CN(Cc2ccccc2)C=C1C#N. The Kier molecular flexibility index (Phi) is 5.53. The summed E-state index contributed by atoms with van der Waals surface area (Å²) in [5, 5.41) is 9.39. The first kappa shape index (κ1) is 17.0. The maximum atomic E-state index is 11.9. The van der Waals surface area contributed by atoms with Crippen molar-refractivity contribution in [2.45, 2.75) is 6.54 Å². The van der Waals surface area contributed by atoms with E-state index in [1.54, 1.807) is 17.3 Å². The molecule has 2 rings (SSSR count). The van der Waals surface area contributed by atoms with Gasteiger partial charge in [-0.1, -0.05) is 30.3 Å². The number of hydrogen-bond acceptors (Lipinski definition) is 6. The quantitative estimate of drug-likeness (QED) is 0.365. The van der Waals surface area contributed by atoms with E-state index >= 15 is 0 Å². The molecule has 0 saturated carbocycles. The van der Waals surface area contributed by atoms with Crippen LogP contribution in [-0.2, 0) is 25.6 Å². The lowest BCUT2D eigenvalue weighted by atomic mass is 9.99. The van der Waals surface area contributed by atoms with Gasteiger partial charge in [0.25, 0.3) is 0 Å². The highest BCUT2D eigenvalue weighted by Gasteiger charge is 2.27. The fourth-order valence-electron chi connectivity index (χ4n) is 2.25. The van der Waals surface area contributed by atoms with Crippen LogP contribution in [0.1, 0.15) is 5.56 Å². The summed E-state index contributed by atoms with van der Waals surface area (Å²) in [5.74, 6) is -1.70. The molecule has 0 aliphatic carbocycles. The molecule has 0 aromatic heterocycles. The standard InChI is InChI=1S/C18H16N2O4/c1-23-17(21)16(18(22)24-2)15-8-9-20(12-14(15)10-19)11-13-6-4-3-5-7-13/h3-9,12H,11H2,1-2H3. The molecule has 0 unspecified atom stereocenters. The Morgan fingerprint density at radius 3 is 2.29 bits per heavy atom. The van der Waals surface area contributed by atoms with Gasteiger partial charge in [0, 0.05) is 24.5 Å². The van der Waals surface area contributed by atoms with Crippen molar-refractivity contribution in [1.29, 1.82) is 5.26 Å². The fourth-order valence-corrected chi connectivity index (χ4v) is 2.25. The van der Waals surface area contributed by atoms with Gasteiger partial charge in [-0.05, 0) is 11.6 Å². The zero-order valence-electron chi connectivity index (χ0n) is 13.4. The molecule has 24 heavy (non-hydrogen) atoms. The van der Waals surface area contributed by atoms with Crippen molar-refractivity contribution in [3.63, 3.8) is 0 Å². The maximum Gasteiger partial charge on any atom is 0.345 e. The van der Waals surface area contributed by atoms with E-state index in [1.807, 2.05) is 36.4 Å². The molecule has 6 nitrogen and oxygen atoms in total. The minimum absolute atomic E-state index is 0.180. The molecular weight excluding hydrogens is 308 g/mol. The number of allylic oxidation sites excluding steroid dienone is 3. The second-order valence-corrected chi connectivity index (χ2v) is 4.90. The van der Waals surface area contributed by atoms with Crippen LogP contribution in [-0.4, -0.2) is 31.1 Å². The van der Waals surface area contributed by atoms with Crippen molar-refractivity contribution in [1.82, 2.24) is 4.90 Å². The summed E-state index contributed by atoms with van der Waals surface area (Å²) >= 11 is 0. The number of benzene rings is 1. The van der Waals surface area contributed by atoms with E-state index in [2.05, 4.69) is 9.47 Å². The molecule has 1 aliphatic rings. The van der Waals surface area contributed by atoms with Gasteiger partial charge in [0.2, 0.25) is 0 Å². The van der Waals surface area contributed by atoms with E-state index in [0.29, 0.717) is 6.54 Å². The van der Waals surface area contributed by atoms with Crippen LogP contribution >= 0.6 is 0 Å². The summed E-state index contributed by atoms with van der Waals surface area (Å²) in [7, 11) is 2.33. The van der Waals surface area contributed by atoms with Gasteiger partial charge in [-0.2, -0.15) is 5.26 Å². The Morgan fingerprint density at radius 2 is 1.75 bits per heavy atom. The molecule has 0 amide bonds. The van der Waals surface area contributed by atoms with Crippen molar-refractivity contribution >= 4 is 11.9 Å². The molecule has 0 atom stereocenters. The van der Waals surface area contributed by atoms with Crippen LogP contribution in [0.3, 0.4) is 0 Å². The minimum atomic E-state index is -0.848. The molecule has 1 heterocycles. The normalized spacial score (nSPS) is 13.0. The van der Waals surface area contributed by atoms with E-state index in [1.165, 1.54) is 6.08 Å². The lowest BCUT2D eigenvalue weighted by molar-refractivity contribution is -0.144. The van der Waals surface area contributed by atoms with Crippen LogP contribution < -0.4 is 0 Å². The summed E-state index contributed by atoms with van der Waals surface area (Å²) in [6, 6.07) is 11.7. The Labute approximate surface area is 139 Å². The number of ether oxygens (including phenoxy) is 2. The number of nitrogens with zero attached hydrogens (tertiary/aromatic N) is 2. The highest BCUT2D eigenvalue weighted by molar-refractivity contribution is 6.15. The Hall–Kier alpha value is -3.33. The molecule has 0 N–H and O–H groups in total. The van der Waals surface area contributed by atoms with Crippen LogP contribution in [0.15, 0.2) is 65.5 Å². The van der Waals surface area contributed by atoms with Crippen LogP contribution in [0.5, 0.6) is 0 Å². The van der Waals surface area contributed by atoms with Gasteiger partial charge in [0.15, 0.2) is 5.57 Å². The monoisotopic (exact) mass is 324 g/mol. The third kappa shape index (κ3) is 3.70. The number of carbonyl (C=O) groups excluding carboxylic acids is 2. The average molecular weight is 324 g/mol. The molecule has 0 fully saturated rings. The van der Waals surface area contributed by atoms with Gasteiger partial charge in [0.05, 0.1) is 19.8 Å². The number of carbonyl (C=O) groups is 2. The number of hydrogen-bond donors (Lipinski definition) is 0. The molecule has 0 spiro atoms. The minimum Gasteiger partial charge on any atom is -0.465 e. The summed E-state index contributed by atoms with van der Waals surface area (Å²) in [6.45, 7) is 0.557. The molecular formula is C18H16N2O4. The zero-order chi connectivity index (χ0) is 17.5. The molecule has 0 radical (unpaired) electrons. The van der Waals surface area contributed by atoms with E-state index in [9.17, 15) is 14.9 Å². The lowest BCUT2D eigenvalue weighted by Gasteiger charge is -2.21. The predicted octanol–water partition coefficient (Wildman–Crippen LogP) is 2.07. The first-order valence-electron chi connectivity index (χ1n) is 7.11. The first-order chi connectivity index (χ1) is 11.6. The average Bonchev–Trinajstić information content (AvgIpc) is 2.63. The molecule has 1 aromatic carbocycles. The predicted molar refractivity (Wildman–Crippen MR) is 85.9 cm³/mol. The lowest BCUT2D eigenvalue weighted by Crippen LogP contribution is -2.21. The van der Waals surface area contributed by atoms with Gasteiger partial charge in [-0.25, -0.2) is 9.59 Å². The van der Waals surface area contributed by atoms with Gasteiger partial charge in [0.1, 0.15) is 6.07 Å². The van der Waals surface area contributed by atoms with Crippen LogP contribution in [0.2, 0.25) is 0 Å². The fraction of sp³-hybridized carbons (Fsp3) is 0.167. The highest BCUT2D eigenvalue weighted by Crippen LogP contribution is 2.24. The van der Waals surface area contributed by atoms with E-state index in [-0.39, 0.29) is 16.7 Å². The van der Waals surface area contributed by atoms with Gasteiger partial charge in [-0.3, -0.25) is 0 Å². The highest BCUT2D eigenvalue weighted by atomic mass is 16.5. The van der Waals surface area contributed by atoms with Gasteiger partial charge in [-0.15, -0.1) is 0 Å². The maximum absolute atomic E-state index is 11.9. The summed E-state index contributed by atoms with van der Waals surface area (Å²) in [4.78, 5) is 25.6. The van der Waals surface area contributed by atoms with Crippen molar-refractivity contribution in [3.8, 4) is 6.07 Å². The van der Waals surface area contributed by atoms with Crippen molar-refractivity contribution < 1.29 is 19.1 Å². The van der Waals surface area contributed by atoms with Crippen LogP contribution in [0.4, 0.5) is 0 Å². The van der Waals surface area contributed by atoms with Crippen LogP contribution in [0.25, 0.3) is 0 Å². The number of nitriles is 1. The van der Waals surface area contributed by atoms with E-state index in [4.69, 9.17) is 0 Å². The third-order valence-corrected chi connectivity index (χ3v) is 3.39. The molecule has 1 aromatic rings. The van der Waals surface area contributed by atoms with E-state index < -0.39 is 11.9 Å². The molecule has 0 saturated heterocycles. The van der Waals surface area contributed by atoms with Crippen molar-refractivity contribution in [2.24, 2.45) is 0 Å². The summed E-state index contributed by atoms with van der Waals surface area (Å²) in [6.07, 6.45) is 4.80. The summed E-state index contributed by atoms with van der Waals surface area (Å²) < 4.78 is 9.24. The number of methoxy groups -OCH3 is 2. The molecule has 122 valence electrons. The second kappa shape index (κ2) is 7.79. The smallest absolute Gasteiger partial charge is 0.345 e. The number of esters is 2. The van der Waals surface area contributed by atoms with Crippen molar-refractivity contribution in [2.75, 3.05) is 14.2 Å². The Balaban J connectivity index is 2.38. The first-order valence-corrected chi connectivity index (χ1v) is 7.11.